The molecule has 9 heavy (non-hydrogen) atoms. The lowest BCUT2D eigenvalue weighted by Crippen LogP contribution is -2.32. The molecule has 0 saturated carbocycles. The molecule has 0 amide bonds. The molecule has 3 N–H and O–H groups in total. The summed E-state index contributed by atoms with van der Waals surface area (Å²) in [6, 6.07) is 0. The van der Waals surface area contributed by atoms with E-state index in [0.717, 1.165) is 0 Å². The maximum absolute atomic E-state index is 9.06. The van der Waals surface area contributed by atoms with Crippen molar-refractivity contribution in [2.75, 3.05) is 13.2 Å². The molecule has 1 rings (SSSR count). The second kappa shape index (κ2) is 2.96. The van der Waals surface area contributed by atoms with Crippen molar-refractivity contribution in [3.8, 4) is 0 Å². The standard InChI is InChI=1S/C6H11NO2/c7-4-5(8)6-2-1-3-9-6/h1-2,5-6,8H,3-4,7H2/t5-,6?/m0/s1. The fourth-order valence-electron chi connectivity index (χ4n) is 0.785. The Hall–Kier alpha value is -0.380. The van der Waals surface area contributed by atoms with Gasteiger partial charge in [-0.15, -0.1) is 0 Å². The summed E-state index contributed by atoms with van der Waals surface area (Å²) in [6.07, 6.45) is 3.00. The smallest absolute Gasteiger partial charge is 0.103 e. The van der Waals surface area contributed by atoms with Gasteiger partial charge >= 0.3 is 0 Å². The molecule has 1 unspecified atom stereocenters. The Labute approximate surface area is 54.1 Å². The van der Waals surface area contributed by atoms with Gasteiger partial charge in [0.25, 0.3) is 0 Å². The highest BCUT2D eigenvalue weighted by molar-refractivity contribution is 4.99. The van der Waals surface area contributed by atoms with Crippen molar-refractivity contribution in [2.45, 2.75) is 12.2 Å². The second-order valence-corrected chi connectivity index (χ2v) is 2.03. The van der Waals surface area contributed by atoms with Crippen molar-refractivity contribution in [1.82, 2.24) is 0 Å². The van der Waals surface area contributed by atoms with E-state index in [1.165, 1.54) is 0 Å². The van der Waals surface area contributed by atoms with E-state index in [9.17, 15) is 0 Å². The fraction of sp³-hybridized carbons (Fsp3) is 0.667. The maximum atomic E-state index is 9.06. The Balaban J connectivity index is 2.33. The second-order valence-electron chi connectivity index (χ2n) is 2.03. The predicted molar refractivity (Wildman–Crippen MR) is 33.9 cm³/mol. The third-order valence-corrected chi connectivity index (χ3v) is 1.33. The van der Waals surface area contributed by atoms with Crippen LogP contribution in [0.3, 0.4) is 0 Å². The van der Waals surface area contributed by atoms with Crippen molar-refractivity contribution in [3.05, 3.63) is 12.2 Å². The van der Waals surface area contributed by atoms with Crippen molar-refractivity contribution in [1.29, 1.82) is 0 Å². The minimum Gasteiger partial charge on any atom is -0.389 e. The highest BCUT2D eigenvalue weighted by atomic mass is 16.5. The average Bonchev–Trinajstić information content (AvgIpc) is 2.37. The van der Waals surface area contributed by atoms with Gasteiger partial charge in [0.15, 0.2) is 0 Å². The van der Waals surface area contributed by atoms with E-state index in [2.05, 4.69) is 0 Å². The molecule has 3 nitrogen and oxygen atoms in total. The summed E-state index contributed by atoms with van der Waals surface area (Å²) >= 11 is 0. The lowest BCUT2D eigenvalue weighted by atomic mass is 10.2. The van der Waals surface area contributed by atoms with Gasteiger partial charge in [-0.2, -0.15) is 0 Å². The van der Waals surface area contributed by atoms with Gasteiger partial charge in [-0.25, -0.2) is 0 Å². The number of hydrogen-bond donors (Lipinski definition) is 2. The average molecular weight is 129 g/mol. The molecule has 0 aliphatic carbocycles. The molecule has 0 aromatic carbocycles. The molecular formula is C6H11NO2. The topological polar surface area (TPSA) is 55.5 Å². The Bertz CT molecular complexity index is 114. The Morgan fingerprint density at radius 1 is 1.89 bits per heavy atom. The zero-order valence-corrected chi connectivity index (χ0v) is 5.16. The van der Waals surface area contributed by atoms with E-state index in [4.69, 9.17) is 15.6 Å². The number of aliphatic hydroxyl groups excluding tert-OH is 1. The molecule has 0 fully saturated rings. The van der Waals surface area contributed by atoms with Crippen LogP contribution in [0.5, 0.6) is 0 Å². The van der Waals surface area contributed by atoms with Crippen LogP contribution in [0.2, 0.25) is 0 Å². The Morgan fingerprint density at radius 2 is 2.67 bits per heavy atom. The minimum absolute atomic E-state index is 0.171. The van der Waals surface area contributed by atoms with Crippen LogP contribution in [-0.2, 0) is 4.74 Å². The summed E-state index contributed by atoms with van der Waals surface area (Å²) < 4.78 is 5.06. The molecule has 0 aromatic rings. The van der Waals surface area contributed by atoms with Crippen LogP contribution in [0.15, 0.2) is 12.2 Å². The van der Waals surface area contributed by atoms with Gasteiger partial charge in [-0.3, -0.25) is 0 Å². The summed E-state index contributed by atoms with van der Waals surface area (Å²) in [4.78, 5) is 0. The van der Waals surface area contributed by atoms with Gasteiger partial charge < -0.3 is 15.6 Å². The molecule has 2 atom stereocenters. The summed E-state index contributed by atoms with van der Waals surface area (Å²) in [5.74, 6) is 0. The third kappa shape index (κ3) is 1.51. The van der Waals surface area contributed by atoms with E-state index in [1.54, 1.807) is 0 Å². The molecule has 0 radical (unpaired) electrons. The van der Waals surface area contributed by atoms with Gasteiger partial charge in [0.05, 0.1) is 12.7 Å². The maximum Gasteiger partial charge on any atom is 0.103 e. The van der Waals surface area contributed by atoms with Crippen LogP contribution >= 0.6 is 0 Å². The Kier molecular flexibility index (Phi) is 2.22. The van der Waals surface area contributed by atoms with E-state index < -0.39 is 6.10 Å². The SMILES string of the molecule is NC[C@H](O)C1C=CCO1. The fourth-order valence-corrected chi connectivity index (χ4v) is 0.785. The lowest BCUT2D eigenvalue weighted by molar-refractivity contribution is 0.0185. The number of hydrogen-bond acceptors (Lipinski definition) is 3. The first-order valence-electron chi connectivity index (χ1n) is 3.01. The van der Waals surface area contributed by atoms with Crippen molar-refractivity contribution in [2.24, 2.45) is 5.73 Å². The van der Waals surface area contributed by atoms with Crippen molar-refractivity contribution >= 4 is 0 Å². The van der Waals surface area contributed by atoms with E-state index in [-0.39, 0.29) is 12.6 Å². The van der Waals surface area contributed by atoms with Gasteiger partial charge in [-0.05, 0) is 0 Å². The molecule has 1 aliphatic heterocycles. The number of ether oxygens (including phenoxy) is 1. The van der Waals surface area contributed by atoms with E-state index in [0.29, 0.717) is 6.61 Å². The van der Waals surface area contributed by atoms with Crippen molar-refractivity contribution in [3.63, 3.8) is 0 Å². The normalized spacial score (nSPS) is 28.9. The summed E-state index contributed by atoms with van der Waals surface area (Å²) in [5, 5.41) is 9.06. The van der Waals surface area contributed by atoms with Gasteiger partial charge in [0, 0.05) is 6.54 Å². The quantitative estimate of drug-likeness (QED) is 0.483. The zero-order valence-electron chi connectivity index (χ0n) is 5.16. The first-order valence-corrected chi connectivity index (χ1v) is 3.01. The van der Waals surface area contributed by atoms with Crippen LogP contribution in [0.4, 0.5) is 0 Å². The Morgan fingerprint density at radius 3 is 3.11 bits per heavy atom. The summed E-state index contributed by atoms with van der Waals surface area (Å²) in [6.45, 7) is 0.858. The predicted octanol–water partition coefficient (Wildman–Crippen LogP) is -0.739. The van der Waals surface area contributed by atoms with Crippen LogP contribution in [0.1, 0.15) is 0 Å². The van der Waals surface area contributed by atoms with E-state index in [1.807, 2.05) is 12.2 Å². The van der Waals surface area contributed by atoms with Crippen molar-refractivity contribution < 1.29 is 9.84 Å². The number of nitrogens with two attached hydrogens (primary N) is 1. The molecule has 3 heteroatoms. The molecular weight excluding hydrogens is 118 g/mol. The molecule has 1 heterocycles. The highest BCUT2D eigenvalue weighted by Crippen LogP contribution is 2.06. The third-order valence-electron chi connectivity index (χ3n) is 1.33. The molecule has 0 bridgehead atoms. The largest absolute Gasteiger partial charge is 0.389 e. The summed E-state index contributed by atoms with van der Waals surface area (Å²) in [5.41, 5.74) is 5.19. The number of aliphatic hydroxyl groups is 1. The van der Waals surface area contributed by atoms with Crippen LogP contribution < -0.4 is 5.73 Å². The van der Waals surface area contributed by atoms with Gasteiger partial charge in [0.2, 0.25) is 0 Å². The minimum atomic E-state index is -0.538. The van der Waals surface area contributed by atoms with Gasteiger partial charge in [0.1, 0.15) is 6.10 Å². The molecule has 0 spiro atoms. The first kappa shape index (κ1) is 6.74. The summed E-state index contributed by atoms with van der Waals surface area (Å²) in [7, 11) is 0. The highest BCUT2D eigenvalue weighted by Gasteiger charge is 2.17. The van der Waals surface area contributed by atoms with E-state index >= 15 is 0 Å². The lowest BCUT2D eigenvalue weighted by Gasteiger charge is -2.13. The zero-order chi connectivity index (χ0) is 6.69. The molecule has 0 saturated heterocycles. The number of rotatable bonds is 2. The first-order chi connectivity index (χ1) is 4.34. The molecule has 0 aromatic heterocycles. The molecule has 1 aliphatic rings. The molecule has 52 valence electrons. The van der Waals surface area contributed by atoms with Crippen LogP contribution in [-0.4, -0.2) is 30.5 Å². The van der Waals surface area contributed by atoms with Crippen LogP contribution in [0.25, 0.3) is 0 Å². The monoisotopic (exact) mass is 129 g/mol. The van der Waals surface area contributed by atoms with Crippen LogP contribution in [0, 0.1) is 0 Å². The van der Waals surface area contributed by atoms with Gasteiger partial charge in [-0.1, -0.05) is 12.2 Å².